The van der Waals surface area contributed by atoms with Gasteiger partial charge >= 0.3 is 5.97 Å². The van der Waals surface area contributed by atoms with Crippen LogP contribution in [-0.2, 0) is 14.3 Å². The highest BCUT2D eigenvalue weighted by Gasteiger charge is 2.57. The lowest BCUT2D eigenvalue weighted by Gasteiger charge is -2.33. The Labute approximate surface area is 145 Å². The Balaban J connectivity index is 1.49. The third-order valence-corrected chi connectivity index (χ3v) is 6.20. The maximum Gasteiger partial charge on any atom is 0.311 e. The maximum absolute atomic E-state index is 12.9. The number of carbonyl (C=O) groups is 2. The van der Waals surface area contributed by atoms with Crippen LogP contribution < -0.4 is 0 Å². The lowest BCUT2D eigenvalue weighted by Crippen LogP contribution is -2.45. The normalized spacial score (nSPS) is 34.7. The van der Waals surface area contributed by atoms with Gasteiger partial charge in [0.2, 0.25) is 5.91 Å². The Kier molecular flexibility index (Phi) is 3.81. The van der Waals surface area contributed by atoms with E-state index in [2.05, 4.69) is 0 Å². The van der Waals surface area contributed by atoms with Gasteiger partial charge in [-0.1, -0.05) is 29.8 Å². The highest BCUT2D eigenvalue weighted by Crippen LogP contribution is 2.52. The van der Waals surface area contributed by atoms with Gasteiger partial charge in [0.1, 0.15) is 0 Å². The fourth-order valence-electron chi connectivity index (χ4n) is 4.29. The lowest BCUT2D eigenvalue weighted by molar-refractivity contribution is -0.157. The number of ether oxygens (including phenoxy) is 1. The van der Waals surface area contributed by atoms with Gasteiger partial charge in [-0.3, -0.25) is 9.59 Å². The summed E-state index contributed by atoms with van der Waals surface area (Å²) < 4.78 is 5.45. The van der Waals surface area contributed by atoms with E-state index in [4.69, 9.17) is 16.3 Å². The number of nitrogens with zero attached hydrogens (tertiary/aromatic N) is 1. The molecule has 0 aromatic heterocycles. The molecule has 24 heavy (non-hydrogen) atoms. The van der Waals surface area contributed by atoms with Gasteiger partial charge in [0, 0.05) is 36.6 Å². The number of carbonyl (C=O) groups excluding carboxylic acids is 1. The highest BCUT2D eigenvalue weighted by atomic mass is 35.5. The van der Waals surface area contributed by atoms with Gasteiger partial charge in [0.05, 0.1) is 12.0 Å². The summed E-state index contributed by atoms with van der Waals surface area (Å²) in [6.45, 7) is 1.67. The van der Waals surface area contributed by atoms with Crippen LogP contribution in [0.15, 0.2) is 24.3 Å². The van der Waals surface area contributed by atoms with Crippen LogP contribution in [0.4, 0.5) is 0 Å². The van der Waals surface area contributed by atoms with E-state index in [-0.39, 0.29) is 23.7 Å². The number of carboxylic acid groups (broad SMARTS) is 1. The highest BCUT2D eigenvalue weighted by molar-refractivity contribution is 6.31. The van der Waals surface area contributed by atoms with Crippen LogP contribution in [0.5, 0.6) is 0 Å². The second-order valence-electron chi connectivity index (χ2n) is 7.17. The molecule has 4 rings (SSSR count). The quantitative estimate of drug-likeness (QED) is 0.910. The fraction of sp³-hybridized carbons (Fsp3) is 0.556. The van der Waals surface area contributed by atoms with Crippen molar-refractivity contribution in [1.29, 1.82) is 0 Å². The summed E-state index contributed by atoms with van der Waals surface area (Å²) in [7, 11) is 0. The molecule has 2 unspecified atom stereocenters. The van der Waals surface area contributed by atoms with Crippen molar-refractivity contribution in [1.82, 2.24) is 4.90 Å². The monoisotopic (exact) mass is 349 g/mol. The van der Waals surface area contributed by atoms with Gasteiger partial charge in [0.15, 0.2) is 0 Å². The van der Waals surface area contributed by atoms with Crippen LogP contribution in [0.1, 0.15) is 24.3 Å². The third kappa shape index (κ3) is 2.42. The predicted octanol–water partition coefficient (Wildman–Crippen LogP) is 2.39. The van der Waals surface area contributed by atoms with Gasteiger partial charge in [0.25, 0.3) is 0 Å². The molecular weight excluding hydrogens is 330 g/mol. The molecule has 2 heterocycles. The Bertz CT molecular complexity index is 693. The molecule has 3 fully saturated rings. The van der Waals surface area contributed by atoms with Crippen molar-refractivity contribution in [2.24, 2.45) is 17.3 Å². The van der Waals surface area contributed by atoms with Gasteiger partial charge in [-0.2, -0.15) is 0 Å². The van der Waals surface area contributed by atoms with Gasteiger partial charge in [-0.25, -0.2) is 0 Å². The summed E-state index contributed by atoms with van der Waals surface area (Å²) in [6.07, 6.45) is 1.27. The van der Waals surface area contributed by atoms with Crippen LogP contribution in [0.25, 0.3) is 0 Å². The molecule has 0 bridgehead atoms. The van der Waals surface area contributed by atoms with Crippen molar-refractivity contribution in [3.63, 3.8) is 0 Å². The number of carboxylic acids is 1. The predicted molar refractivity (Wildman–Crippen MR) is 87.9 cm³/mol. The molecule has 2 saturated heterocycles. The fourth-order valence-corrected chi connectivity index (χ4v) is 4.57. The number of aliphatic carboxylic acids is 1. The zero-order chi connectivity index (χ0) is 16.9. The molecule has 6 heteroatoms. The van der Waals surface area contributed by atoms with E-state index in [0.29, 0.717) is 37.7 Å². The van der Waals surface area contributed by atoms with E-state index >= 15 is 0 Å². The molecule has 5 nitrogen and oxygen atoms in total. The molecule has 1 N–H and O–H groups in total. The molecule has 3 aliphatic rings. The summed E-state index contributed by atoms with van der Waals surface area (Å²) in [6, 6.07) is 7.63. The van der Waals surface area contributed by atoms with Crippen molar-refractivity contribution in [3.8, 4) is 0 Å². The summed E-state index contributed by atoms with van der Waals surface area (Å²) in [5.41, 5.74) is 0.188. The number of halogens is 1. The van der Waals surface area contributed by atoms with E-state index in [1.54, 1.807) is 4.90 Å². The smallest absolute Gasteiger partial charge is 0.311 e. The largest absolute Gasteiger partial charge is 0.481 e. The molecule has 1 aliphatic carbocycles. The topological polar surface area (TPSA) is 66.8 Å². The minimum Gasteiger partial charge on any atom is -0.481 e. The SMILES string of the molecule is O=C(C1CC1c1ccccc1Cl)N1C[C@H]2COCC[C@@]2(C(=O)O)C1. The van der Waals surface area contributed by atoms with Crippen molar-refractivity contribution in [2.75, 3.05) is 26.3 Å². The maximum atomic E-state index is 12.9. The first-order valence-corrected chi connectivity index (χ1v) is 8.75. The van der Waals surface area contributed by atoms with Crippen LogP contribution in [-0.4, -0.2) is 48.2 Å². The number of hydrogen-bond acceptors (Lipinski definition) is 3. The second-order valence-corrected chi connectivity index (χ2v) is 7.58. The van der Waals surface area contributed by atoms with Crippen molar-refractivity contribution >= 4 is 23.5 Å². The summed E-state index contributed by atoms with van der Waals surface area (Å²) >= 11 is 6.23. The van der Waals surface area contributed by atoms with Crippen molar-refractivity contribution in [3.05, 3.63) is 34.9 Å². The molecule has 1 aromatic carbocycles. The van der Waals surface area contributed by atoms with Gasteiger partial charge in [-0.05, 0) is 30.4 Å². The first kappa shape index (κ1) is 15.9. The Morgan fingerprint density at radius 2 is 2.12 bits per heavy atom. The van der Waals surface area contributed by atoms with E-state index in [9.17, 15) is 14.7 Å². The van der Waals surface area contributed by atoms with Gasteiger partial charge < -0.3 is 14.7 Å². The summed E-state index contributed by atoms with van der Waals surface area (Å²) in [4.78, 5) is 26.4. The molecule has 2 aliphatic heterocycles. The van der Waals surface area contributed by atoms with Crippen molar-refractivity contribution < 1.29 is 19.4 Å². The van der Waals surface area contributed by atoms with E-state index in [1.165, 1.54) is 0 Å². The van der Waals surface area contributed by atoms with E-state index in [0.717, 1.165) is 12.0 Å². The van der Waals surface area contributed by atoms with Gasteiger partial charge in [-0.15, -0.1) is 0 Å². The number of rotatable bonds is 3. The molecule has 1 amide bonds. The van der Waals surface area contributed by atoms with Crippen LogP contribution >= 0.6 is 11.6 Å². The number of likely N-dealkylation sites (tertiary alicyclic amines) is 1. The van der Waals surface area contributed by atoms with Crippen molar-refractivity contribution in [2.45, 2.75) is 18.8 Å². The second kappa shape index (κ2) is 5.74. The molecule has 0 spiro atoms. The van der Waals surface area contributed by atoms with E-state index < -0.39 is 11.4 Å². The van der Waals surface area contributed by atoms with Crippen LogP contribution in [0.3, 0.4) is 0 Å². The number of benzene rings is 1. The third-order valence-electron chi connectivity index (χ3n) is 5.86. The standard InChI is InChI=1S/C18H20ClNO4/c19-15-4-2-1-3-12(15)13-7-14(13)16(21)20-8-11-9-24-6-5-18(11,10-20)17(22)23/h1-4,11,13-14H,5-10H2,(H,22,23)/t11-,13?,14?,18+/m0/s1. The molecule has 1 saturated carbocycles. The zero-order valence-corrected chi connectivity index (χ0v) is 14.0. The number of amides is 1. The van der Waals surface area contributed by atoms with Crippen LogP contribution in [0, 0.1) is 17.3 Å². The average Bonchev–Trinajstić information content (AvgIpc) is 3.25. The molecule has 128 valence electrons. The Hall–Kier alpha value is -1.59. The summed E-state index contributed by atoms with van der Waals surface area (Å²) in [5, 5.41) is 10.4. The minimum absolute atomic E-state index is 0.0648. The van der Waals surface area contributed by atoms with Crippen LogP contribution in [0.2, 0.25) is 5.02 Å². The molecule has 4 atom stereocenters. The molecule has 1 aromatic rings. The number of hydrogen-bond donors (Lipinski definition) is 1. The molecular formula is C18H20ClNO4. The average molecular weight is 350 g/mol. The zero-order valence-electron chi connectivity index (χ0n) is 13.3. The first-order valence-electron chi connectivity index (χ1n) is 8.37. The lowest BCUT2D eigenvalue weighted by atomic mass is 9.74. The molecule has 0 radical (unpaired) electrons. The summed E-state index contributed by atoms with van der Waals surface area (Å²) in [5.74, 6) is -0.757. The number of fused-ring (bicyclic) bond motifs is 1. The Morgan fingerprint density at radius 1 is 1.33 bits per heavy atom. The van der Waals surface area contributed by atoms with E-state index in [1.807, 2.05) is 24.3 Å². The Morgan fingerprint density at radius 3 is 2.83 bits per heavy atom. The first-order chi connectivity index (χ1) is 11.5. The minimum atomic E-state index is -0.831.